The normalized spacial score (nSPS) is 28.8. The van der Waals surface area contributed by atoms with Crippen LogP contribution in [0.25, 0.3) is 0 Å². The lowest BCUT2D eigenvalue weighted by Crippen LogP contribution is -2.46. The number of amides is 1. The predicted molar refractivity (Wildman–Crippen MR) is 48.4 cm³/mol. The van der Waals surface area contributed by atoms with Gasteiger partial charge in [-0.1, -0.05) is 0 Å². The van der Waals surface area contributed by atoms with Gasteiger partial charge in [0.1, 0.15) is 0 Å². The molecule has 0 bridgehead atoms. The van der Waals surface area contributed by atoms with E-state index in [1.165, 1.54) is 0 Å². The zero-order chi connectivity index (χ0) is 9.10. The first-order valence-electron chi connectivity index (χ1n) is 4.96. The van der Waals surface area contributed by atoms with Crippen LogP contribution in [0.2, 0.25) is 0 Å². The number of likely N-dealkylation sites (tertiary alicyclic amines) is 1. The van der Waals surface area contributed by atoms with E-state index in [0.29, 0.717) is 12.0 Å². The third kappa shape index (κ3) is 2.19. The Morgan fingerprint density at radius 2 is 2.54 bits per heavy atom. The van der Waals surface area contributed by atoms with Crippen molar-refractivity contribution >= 4 is 5.91 Å². The van der Waals surface area contributed by atoms with Crippen LogP contribution in [0.4, 0.5) is 0 Å². The number of nitrogens with one attached hydrogen (secondary N) is 1. The molecule has 0 aromatic heterocycles. The van der Waals surface area contributed by atoms with Gasteiger partial charge in [0.05, 0.1) is 12.7 Å². The monoisotopic (exact) mass is 184 g/mol. The van der Waals surface area contributed by atoms with E-state index in [0.717, 1.165) is 45.6 Å². The largest absolute Gasteiger partial charge is 0.376 e. The zero-order valence-corrected chi connectivity index (χ0v) is 7.79. The van der Waals surface area contributed by atoms with Crippen molar-refractivity contribution in [2.75, 3.05) is 32.8 Å². The molecule has 0 spiro atoms. The van der Waals surface area contributed by atoms with Crippen molar-refractivity contribution < 1.29 is 9.53 Å². The molecular weight excluding hydrogens is 168 g/mol. The van der Waals surface area contributed by atoms with Gasteiger partial charge in [0.2, 0.25) is 5.91 Å². The van der Waals surface area contributed by atoms with Gasteiger partial charge in [0.15, 0.2) is 0 Å². The molecule has 0 saturated carbocycles. The van der Waals surface area contributed by atoms with E-state index in [1.54, 1.807) is 0 Å². The molecule has 0 aliphatic carbocycles. The predicted octanol–water partition coefficient (Wildman–Crippen LogP) is -0.403. The fourth-order valence-corrected chi connectivity index (χ4v) is 1.70. The summed E-state index contributed by atoms with van der Waals surface area (Å²) in [5, 5.41) is 3.28. The fraction of sp³-hybridized carbons (Fsp3) is 0.889. The van der Waals surface area contributed by atoms with Crippen molar-refractivity contribution in [3.8, 4) is 0 Å². The number of nitrogens with zero attached hydrogens (tertiary/aromatic N) is 1. The van der Waals surface area contributed by atoms with Crippen LogP contribution in [-0.4, -0.2) is 49.7 Å². The summed E-state index contributed by atoms with van der Waals surface area (Å²) in [5.74, 6) is 0.295. The molecule has 4 nitrogen and oxygen atoms in total. The Hall–Kier alpha value is -0.610. The van der Waals surface area contributed by atoms with Gasteiger partial charge in [0, 0.05) is 32.6 Å². The first-order chi connectivity index (χ1) is 6.36. The number of ether oxygens (including phenoxy) is 1. The van der Waals surface area contributed by atoms with Crippen LogP contribution >= 0.6 is 0 Å². The second-order valence-corrected chi connectivity index (χ2v) is 3.62. The van der Waals surface area contributed by atoms with E-state index >= 15 is 0 Å². The van der Waals surface area contributed by atoms with E-state index in [4.69, 9.17) is 4.74 Å². The van der Waals surface area contributed by atoms with E-state index in [9.17, 15) is 4.79 Å². The molecule has 1 unspecified atom stereocenters. The highest BCUT2D eigenvalue weighted by Crippen LogP contribution is 2.11. The summed E-state index contributed by atoms with van der Waals surface area (Å²) in [6.07, 6.45) is 2.02. The smallest absolute Gasteiger partial charge is 0.224 e. The topological polar surface area (TPSA) is 41.6 Å². The van der Waals surface area contributed by atoms with Gasteiger partial charge in [-0.2, -0.15) is 0 Å². The third-order valence-corrected chi connectivity index (χ3v) is 2.67. The molecule has 1 amide bonds. The first-order valence-corrected chi connectivity index (χ1v) is 4.96. The van der Waals surface area contributed by atoms with Crippen molar-refractivity contribution in [3.63, 3.8) is 0 Å². The molecule has 0 aromatic rings. The Balaban J connectivity index is 1.63. The molecule has 1 atom stereocenters. The minimum Gasteiger partial charge on any atom is -0.376 e. The van der Waals surface area contributed by atoms with Crippen molar-refractivity contribution in [2.24, 2.45) is 0 Å². The van der Waals surface area contributed by atoms with E-state index in [2.05, 4.69) is 5.32 Å². The average Bonchev–Trinajstić information content (AvgIpc) is 2.17. The summed E-state index contributed by atoms with van der Waals surface area (Å²) in [7, 11) is 0. The molecule has 2 heterocycles. The Morgan fingerprint density at radius 3 is 3.08 bits per heavy atom. The van der Waals surface area contributed by atoms with Crippen LogP contribution in [0.1, 0.15) is 12.8 Å². The SMILES string of the molecule is O=C1CCN1CCC1CNCCO1. The lowest BCUT2D eigenvalue weighted by molar-refractivity contribution is -0.140. The maximum Gasteiger partial charge on any atom is 0.224 e. The molecule has 0 radical (unpaired) electrons. The number of carbonyl (C=O) groups is 1. The first kappa shape index (κ1) is 8.97. The summed E-state index contributed by atoms with van der Waals surface area (Å²) in [4.78, 5) is 12.9. The highest BCUT2D eigenvalue weighted by molar-refractivity contribution is 5.81. The molecule has 74 valence electrons. The van der Waals surface area contributed by atoms with Crippen LogP contribution in [0.3, 0.4) is 0 Å². The van der Waals surface area contributed by atoms with Crippen molar-refractivity contribution in [1.82, 2.24) is 10.2 Å². The van der Waals surface area contributed by atoms with Gasteiger partial charge >= 0.3 is 0 Å². The standard InChI is InChI=1S/C9H16N2O2/c12-9-2-5-11(9)4-1-8-7-10-3-6-13-8/h8,10H,1-7H2. The molecule has 2 saturated heterocycles. The number of β-lactam (4-membered cyclic amide) rings is 1. The van der Waals surface area contributed by atoms with Crippen LogP contribution in [0.15, 0.2) is 0 Å². The number of carbonyl (C=O) groups excluding carboxylic acids is 1. The highest BCUT2D eigenvalue weighted by atomic mass is 16.5. The van der Waals surface area contributed by atoms with Crippen LogP contribution in [-0.2, 0) is 9.53 Å². The molecule has 0 aromatic carbocycles. The summed E-state index contributed by atoms with van der Waals surface area (Å²) in [6, 6.07) is 0. The maximum atomic E-state index is 11.0. The Labute approximate surface area is 78.2 Å². The Kier molecular flexibility index (Phi) is 2.80. The highest BCUT2D eigenvalue weighted by Gasteiger charge is 2.24. The molecule has 13 heavy (non-hydrogen) atoms. The molecule has 2 fully saturated rings. The second kappa shape index (κ2) is 4.07. The van der Waals surface area contributed by atoms with Crippen molar-refractivity contribution in [3.05, 3.63) is 0 Å². The molecule has 2 aliphatic heterocycles. The minimum absolute atomic E-state index is 0.295. The van der Waals surface area contributed by atoms with Crippen LogP contribution < -0.4 is 5.32 Å². The van der Waals surface area contributed by atoms with Gasteiger partial charge in [-0.05, 0) is 6.42 Å². The van der Waals surface area contributed by atoms with Crippen molar-refractivity contribution in [2.45, 2.75) is 18.9 Å². The van der Waals surface area contributed by atoms with Gasteiger partial charge < -0.3 is 15.0 Å². The molecular formula is C9H16N2O2. The Morgan fingerprint density at radius 1 is 1.62 bits per heavy atom. The lowest BCUT2D eigenvalue weighted by Gasteiger charge is -2.33. The number of hydrogen-bond donors (Lipinski definition) is 1. The zero-order valence-electron chi connectivity index (χ0n) is 7.79. The number of rotatable bonds is 3. The fourth-order valence-electron chi connectivity index (χ4n) is 1.70. The van der Waals surface area contributed by atoms with Crippen LogP contribution in [0, 0.1) is 0 Å². The minimum atomic E-state index is 0.295. The van der Waals surface area contributed by atoms with Gasteiger partial charge in [-0.3, -0.25) is 4.79 Å². The molecule has 2 rings (SSSR count). The summed E-state index contributed by atoms with van der Waals surface area (Å²) < 4.78 is 5.53. The Bertz CT molecular complexity index is 190. The second-order valence-electron chi connectivity index (χ2n) is 3.62. The third-order valence-electron chi connectivity index (χ3n) is 2.67. The summed E-state index contributed by atoms with van der Waals surface area (Å²) in [6.45, 7) is 4.50. The summed E-state index contributed by atoms with van der Waals surface area (Å²) >= 11 is 0. The number of morpholine rings is 1. The number of hydrogen-bond acceptors (Lipinski definition) is 3. The molecule has 4 heteroatoms. The van der Waals surface area contributed by atoms with Crippen molar-refractivity contribution in [1.29, 1.82) is 0 Å². The van der Waals surface area contributed by atoms with Crippen LogP contribution in [0.5, 0.6) is 0 Å². The van der Waals surface area contributed by atoms with Gasteiger partial charge in [0.25, 0.3) is 0 Å². The summed E-state index contributed by atoms with van der Waals surface area (Å²) in [5.41, 5.74) is 0. The van der Waals surface area contributed by atoms with E-state index in [1.807, 2.05) is 4.90 Å². The molecule has 1 N–H and O–H groups in total. The lowest BCUT2D eigenvalue weighted by atomic mass is 10.1. The average molecular weight is 184 g/mol. The molecule has 2 aliphatic rings. The van der Waals surface area contributed by atoms with Gasteiger partial charge in [-0.15, -0.1) is 0 Å². The van der Waals surface area contributed by atoms with E-state index in [-0.39, 0.29) is 0 Å². The van der Waals surface area contributed by atoms with E-state index < -0.39 is 0 Å². The quantitative estimate of drug-likeness (QED) is 0.607. The maximum absolute atomic E-state index is 11.0. The van der Waals surface area contributed by atoms with Gasteiger partial charge in [-0.25, -0.2) is 0 Å².